The van der Waals surface area contributed by atoms with Gasteiger partial charge in [0, 0.05) is 30.0 Å². The lowest BCUT2D eigenvalue weighted by Crippen LogP contribution is -2.26. The van der Waals surface area contributed by atoms with E-state index in [-0.39, 0.29) is 11.8 Å². The molecule has 1 atom stereocenters. The Balaban J connectivity index is 1.74. The fourth-order valence-corrected chi connectivity index (χ4v) is 5.02. The van der Waals surface area contributed by atoms with Crippen molar-refractivity contribution in [1.82, 2.24) is 14.7 Å². The standard InChI is InChI=1S/C24H34N4O2/c1-5-30-21-12-11-17(13-18(21)15-27(3)4)20-14-22(29)25-24-23(20)16(2)26-28(24)19-9-7-6-8-10-19/h11-13,19-20H,5-10,14-15H2,1-4H3,(H,25,29). The second-order valence-corrected chi connectivity index (χ2v) is 8.93. The van der Waals surface area contributed by atoms with E-state index in [1.807, 2.05) is 6.92 Å². The molecule has 1 N–H and O–H groups in total. The summed E-state index contributed by atoms with van der Waals surface area (Å²) in [6, 6.07) is 6.79. The minimum absolute atomic E-state index is 0.0303. The Morgan fingerprint density at radius 2 is 2.00 bits per heavy atom. The number of aromatic nitrogens is 2. The maximum atomic E-state index is 12.7. The Morgan fingerprint density at radius 1 is 1.23 bits per heavy atom. The molecule has 2 aliphatic rings. The normalized spacial score (nSPS) is 19.6. The molecule has 0 saturated heterocycles. The van der Waals surface area contributed by atoms with Gasteiger partial charge in [-0.3, -0.25) is 4.79 Å². The number of ether oxygens (including phenoxy) is 1. The fraction of sp³-hybridized carbons (Fsp3) is 0.583. The van der Waals surface area contributed by atoms with Crippen molar-refractivity contribution in [2.75, 3.05) is 26.0 Å². The zero-order valence-electron chi connectivity index (χ0n) is 18.7. The van der Waals surface area contributed by atoms with E-state index in [1.165, 1.54) is 24.8 Å². The summed E-state index contributed by atoms with van der Waals surface area (Å²) in [7, 11) is 4.12. The summed E-state index contributed by atoms with van der Waals surface area (Å²) in [5.74, 6) is 1.95. The predicted octanol–water partition coefficient (Wildman–Crippen LogP) is 4.63. The van der Waals surface area contributed by atoms with Gasteiger partial charge in [-0.25, -0.2) is 4.68 Å². The number of fused-ring (bicyclic) bond motifs is 1. The molecule has 2 aromatic rings. The molecule has 2 heterocycles. The molecule has 1 aliphatic heterocycles. The van der Waals surface area contributed by atoms with E-state index < -0.39 is 0 Å². The van der Waals surface area contributed by atoms with E-state index in [0.717, 1.165) is 47.8 Å². The maximum Gasteiger partial charge on any atom is 0.226 e. The Morgan fingerprint density at radius 3 is 2.70 bits per heavy atom. The highest BCUT2D eigenvalue weighted by molar-refractivity contribution is 5.94. The molecule has 0 bridgehead atoms. The van der Waals surface area contributed by atoms with Crippen LogP contribution in [0.5, 0.6) is 5.75 Å². The average molecular weight is 411 g/mol. The number of anilines is 1. The summed E-state index contributed by atoms with van der Waals surface area (Å²) in [5, 5.41) is 8.07. The van der Waals surface area contributed by atoms with Crippen LogP contribution in [-0.4, -0.2) is 41.3 Å². The van der Waals surface area contributed by atoms with Crippen LogP contribution in [0.15, 0.2) is 18.2 Å². The molecular weight excluding hydrogens is 376 g/mol. The zero-order chi connectivity index (χ0) is 21.3. The molecule has 1 aliphatic carbocycles. The molecule has 1 aromatic heterocycles. The van der Waals surface area contributed by atoms with Crippen molar-refractivity contribution < 1.29 is 9.53 Å². The maximum absolute atomic E-state index is 12.7. The van der Waals surface area contributed by atoms with Gasteiger partial charge < -0.3 is 15.0 Å². The molecule has 1 saturated carbocycles. The third-order valence-electron chi connectivity index (χ3n) is 6.32. The number of aryl methyl sites for hydroxylation is 1. The van der Waals surface area contributed by atoms with Gasteiger partial charge in [-0.2, -0.15) is 5.10 Å². The first-order chi connectivity index (χ1) is 14.5. The van der Waals surface area contributed by atoms with E-state index in [2.05, 4.69) is 54.1 Å². The molecular formula is C24H34N4O2. The lowest BCUT2D eigenvalue weighted by molar-refractivity contribution is -0.116. The van der Waals surface area contributed by atoms with E-state index in [4.69, 9.17) is 9.84 Å². The van der Waals surface area contributed by atoms with Gasteiger partial charge in [-0.15, -0.1) is 0 Å². The van der Waals surface area contributed by atoms with Crippen LogP contribution in [0.3, 0.4) is 0 Å². The van der Waals surface area contributed by atoms with Crippen molar-refractivity contribution in [2.45, 2.75) is 70.9 Å². The second-order valence-electron chi connectivity index (χ2n) is 8.93. The second kappa shape index (κ2) is 8.80. The quantitative estimate of drug-likeness (QED) is 0.754. The number of nitrogens with zero attached hydrogens (tertiary/aromatic N) is 3. The van der Waals surface area contributed by atoms with Crippen LogP contribution in [0.4, 0.5) is 5.82 Å². The Hall–Kier alpha value is -2.34. The molecule has 1 unspecified atom stereocenters. The van der Waals surface area contributed by atoms with Gasteiger partial charge in [0.1, 0.15) is 11.6 Å². The number of nitrogens with one attached hydrogen (secondary N) is 1. The number of hydrogen-bond donors (Lipinski definition) is 1. The van der Waals surface area contributed by atoms with Crippen molar-refractivity contribution in [3.63, 3.8) is 0 Å². The van der Waals surface area contributed by atoms with Crippen LogP contribution in [0.2, 0.25) is 0 Å². The summed E-state index contributed by atoms with van der Waals surface area (Å²) >= 11 is 0. The van der Waals surface area contributed by atoms with Gasteiger partial charge in [-0.05, 0) is 52.4 Å². The monoisotopic (exact) mass is 410 g/mol. The topological polar surface area (TPSA) is 59.4 Å². The highest BCUT2D eigenvalue weighted by Crippen LogP contribution is 2.43. The van der Waals surface area contributed by atoms with Crippen LogP contribution in [0.1, 0.15) is 79.8 Å². The smallest absolute Gasteiger partial charge is 0.226 e. The van der Waals surface area contributed by atoms with Gasteiger partial charge in [0.25, 0.3) is 0 Å². The number of hydrogen-bond acceptors (Lipinski definition) is 4. The zero-order valence-corrected chi connectivity index (χ0v) is 18.7. The molecule has 4 rings (SSSR count). The number of rotatable bonds is 6. The van der Waals surface area contributed by atoms with Crippen molar-refractivity contribution in [1.29, 1.82) is 0 Å². The summed E-state index contributed by atoms with van der Waals surface area (Å²) in [5.41, 5.74) is 4.53. The van der Waals surface area contributed by atoms with Crippen LogP contribution in [0, 0.1) is 6.92 Å². The molecule has 6 nitrogen and oxygen atoms in total. The van der Waals surface area contributed by atoms with Gasteiger partial charge in [0.05, 0.1) is 18.3 Å². The first-order valence-electron chi connectivity index (χ1n) is 11.3. The third kappa shape index (κ3) is 4.10. The number of carbonyl (C=O) groups is 1. The van der Waals surface area contributed by atoms with E-state index in [1.54, 1.807) is 0 Å². The van der Waals surface area contributed by atoms with Gasteiger partial charge in [-0.1, -0.05) is 31.4 Å². The van der Waals surface area contributed by atoms with Gasteiger partial charge in [0.2, 0.25) is 5.91 Å². The minimum atomic E-state index is 0.0303. The van der Waals surface area contributed by atoms with Crippen molar-refractivity contribution in [3.05, 3.63) is 40.6 Å². The Labute approximate surface area is 179 Å². The van der Waals surface area contributed by atoms with Crippen LogP contribution >= 0.6 is 0 Å². The molecule has 30 heavy (non-hydrogen) atoms. The van der Waals surface area contributed by atoms with Crippen LogP contribution in [-0.2, 0) is 11.3 Å². The predicted molar refractivity (Wildman–Crippen MR) is 119 cm³/mol. The average Bonchev–Trinajstić information content (AvgIpc) is 3.05. The molecule has 1 aromatic carbocycles. The highest BCUT2D eigenvalue weighted by Gasteiger charge is 2.34. The SMILES string of the molecule is CCOc1ccc(C2CC(=O)Nc3c2c(C)nn3C2CCCCC2)cc1CN(C)C. The lowest BCUT2D eigenvalue weighted by Gasteiger charge is -2.28. The molecule has 1 fully saturated rings. The number of carbonyl (C=O) groups excluding carboxylic acids is 1. The van der Waals surface area contributed by atoms with Gasteiger partial charge in [0.15, 0.2) is 0 Å². The number of benzene rings is 1. The summed E-state index contributed by atoms with van der Waals surface area (Å²) in [6.07, 6.45) is 6.52. The molecule has 162 valence electrons. The van der Waals surface area contributed by atoms with E-state index in [0.29, 0.717) is 19.1 Å². The summed E-state index contributed by atoms with van der Waals surface area (Å²) in [4.78, 5) is 14.8. The molecule has 6 heteroatoms. The third-order valence-corrected chi connectivity index (χ3v) is 6.32. The molecule has 1 amide bonds. The Bertz CT molecular complexity index is 912. The minimum Gasteiger partial charge on any atom is -0.494 e. The fourth-order valence-electron chi connectivity index (χ4n) is 5.02. The van der Waals surface area contributed by atoms with Crippen LogP contribution < -0.4 is 10.1 Å². The summed E-state index contributed by atoms with van der Waals surface area (Å²) < 4.78 is 7.97. The van der Waals surface area contributed by atoms with Crippen molar-refractivity contribution >= 4 is 11.7 Å². The first-order valence-corrected chi connectivity index (χ1v) is 11.3. The van der Waals surface area contributed by atoms with Crippen molar-refractivity contribution in [2.24, 2.45) is 0 Å². The number of amides is 1. The largest absolute Gasteiger partial charge is 0.494 e. The summed E-state index contributed by atoms with van der Waals surface area (Å²) in [6.45, 7) is 5.53. The highest BCUT2D eigenvalue weighted by atomic mass is 16.5. The van der Waals surface area contributed by atoms with E-state index >= 15 is 0 Å². The van der Waals surface area contributed by atoms with Crippen molar-refractivity contribution in [3.8, 4) is 5.75 Å². The first kappa shape index (κ1) is 20.9. The molecule has 0 spiro atoms. The molecule has 0 radical (unpaired) electrons. The van der Waals surface area contributed by atoms with E-state index in [9.17, 15) is 4.79 Å². The van der Waals surface area contributed by atoms with Gasteiger partial charge >= 0.3 is 0 Å². The van der Waals surface area contributed by atoms with Crippen LogP contribution in [0.25, 0.3) is 0 Å². The lowest BCUT2D eigenvalue weighted by atomic mass is 9.85. The Kier molecular flexibility index (Phi) is 6.14.